The molecule has 1 N–H and O–H groups in total. The van der Waals surface area contributed by atoms with E-state index in [1.165, 1.54) is 24.0 Å². The molecule has 0 bridgehead atoms. The van der Waals surface area contributed by atoms with Crippen molar-refractivity contribution in [1.82, 2.24) is 19.7 Å². The first-order chi connectivity index (χ1) is 11.2. The molecule has 0 fully saturated rings. The van der Waals surface area contributed by atoms with E-state index < -0.39 is 0 Å². The van der Waals surface area contributed by atoms with E-state index in [9.17, 15) is 0 Å². The molecule has 0 atom stereocenters. The number of hydrogen-bond donors (Lipinski definition) is 1. The number of rotatable bonds is 4. The van der Waals surface area contributed by atoms with E-state index >= 15 is 0 Å². The first-order valence-electron chi connectivity index (χ1n) is 7.56. The molecule has 2 aromatic heterocycles. The van der Waals surface area contributed by atoms with Gasteiger partial charge < -0.3 is 14.3 Å². The number of halogens is 1. The predicted octanol–water partition coefficient (Wildman–Crippen LogP) is 3.22. The summed E-state index contributed by atoms with van der Waals surface area (Å²) in [5.74, 6) is 1.33. The molecule has 1 aromatic carbocycles. The van der Waals surface area contributed by atoms with Gasteiger partial charge in [-0.2, -0.15) is 0 Å². The number of aryl methyl sites for hydroxylation is 2. The molecule has 7 heteroatoms. The molecule has 0 saturated heterocycles. The maximum atomic E-state index is 5.96. The number of hydrogen-bond acceptors (Lipinski definition) is 5. The molecule has 0 saturated carbocycles. The number of fused-ring (bicyclic) bond motifs is 1. The van der Waals surface area contributed by atoms with Crippen LogP contribution in [0.2, 0.25) is 5.15 Å². The summed E-state index contributed by atoms with van der Waals surface area (Å²) < 4.78 is 7.49. The van der Waals surface area contributed by atoms with E-state index in [1.54, 1.807) is 10.8 Å². The Morgan fingerprint density at radius 1 is 1.26 bits per heavy atom. The van der Waals surface area contributed by atoms with Crippen molar-refractivity contribution in [3.8, 4) is 11.5 Å². The Bertz CT molecular complexity index is 854. The average molecular weight is 330 g/mol. The van der Waals surface area contributed by atoms with Gasteiger partial charge >= 0.3 is 6.01 Å². The minimum Gasteiger partial charge on any atom is -0.403 e. The lowest BCUT2D eigenvalue weighted by atomic mass is 10.1. The van der Waals surface area contributed by atoms with Crippen molar-refractivity contribution in [3.05, 3.63) is 46.5 Å². The minimum atomic E-state index is 0.375. The Morgan fingerprint density at radius 3 is 2.96 bits per heavy atom. The Kier molecular flexibility index (Phi) is 3.53. The molecule has 0 spiro atoms. The fourth-order valence-electron chi connectivity index (χ4n) is 2.86. The number of anilines is 1. The summed E-state index contributed by atoms with van der Waals surface area (Å²) >= 11 is 5.96. The van der Waals surface area contributed by atoms with E-state index in [4.69, 9.17) is 16.0 Å². The summed E-state index contributed by atoms with van der Waals surface area (Å²) in [6.45, 7) is 0.467. The van der Waals surface area contributed by atoms with Crippen LogP contribution in [-0.4, -0.2) is 19.7 Å². The monoisotopic (exact) mass is 329 g/mol. The van der Waals surface area contributed by atoms with Gasteiger partial charge in [0.05, 0.1) is 12.7 Å². The summed E-state index contributed by atoms with van der Waals surface area (Å²) in [6, 6.07) is 6.72. The van der Waals surface area contributed by atoms with Crippen LogP contribution in [0, 0.1) is 0 Å². The van der Waals surface area contributed by atoms with Gasteiger partial charge in [-0.1, -0.05) is 22.8 Å². The molecule has 1 aliphatic rings. The Balaban J connectivity index is 1.49. The largest absolute Gasteiger partial charge is 0.403 e. The smallest absolute Gasteiger partial charge is 0.316 e. The quantitative estimate of drug-likeness (QED) is 0.796. The van der Waals surface area contributed by atoms with Gasteiger partial charge in [-0.05, 0) is 42.5 Å². The molecule has 0 radical (unpaired) electrons. The van der Waals surface area contributed by atoms with Crippen LogP contribution >= 0.6 is 11.6 Å². The van der Waals surface area contributed by atoms with Crippen molar-refractivity contribution in [3.63, 3.8) is 0 Å². The molecule has 0 aliphatic heterocycles. The molecule has 23 heavy (non-hydrogen) atoms. The van der Waals surface area contributed by atoms with Crippen LogP contribution in [0.3, 0.4) is 0 Å². The second kappa shape index (κ2) is 5.70. The van der Waals surface area contributed by atoms with E-state index in [2.05, 4.69) is 32.6 Å². The Labute approximate surface area is 138 Å². The minimum absolute atomic E-state index is 0.375. The van der Waals surface area contributed by atoms with Gasteiger partial charge in [0.2, 0.25) is 5.89 Å². The highest BCUT2D eigenvalue weighted by Crippen LogP contribution is 2.28. The summed E-state index contributed by atoms with van der Waals surface area (Å²) in [7, 11) is 1.86. The molecule has 6 nitrogen and oxygen atoms in total. The lowest BCUT2D eigenvalue weighted by molar-refractivity contribution is 0.578. The zero-order valence-electron chi connectivity index (χ0n) is 12.7. The highest BCUT2D eigenvalue weighted by atomic mass is 35.5. The van der Waals surface area contributed by atoms with Gasteiger partial charge in [0.15, 0.2) is 0 Å². The van der Waals surface area contributed by atoms with E-state index in [0.717, 1.165) is 17.8 Å². The number of imidazole rings is 1. The van der Waals surface area contributed by atoms with Gasteiger partial charge in [0, 0.05) is 12.6 Å². The zero-order valence-corrected chi connectivity index (χ0v) is 13.5. The van der Waals surface area contributed by atoms with Gasteiger partial charge in [-0.3, -0.25) is 0 Å². The predicted molar refractivity (Wildman–Crippen MR) is 87.3 cm³/mol. The van der Waals surface area contributed by atoms with Crippen molar-refractivity contribution < 1.29 is 4.42 Å². The van der Waals surface area contributed by atoms with E-state index in [1.807, 2.05) is 13.1 Å². The van der Waals surface area contributed by atoms with Crippen molar-refractivity contribution in [2.45, 2.75) is 25.8 Å². The summed E-state index contributed by atoms with van der Waals surface area (Å²) in [4.78, 5) is 4.21. The first-order valence-corrected chi connectivity index (χ1v) is 7.94. The van der Waals surface area contributed by atoms with E-state index in [-0.39, 0.29) is 0 Å². The number of benzene rings is 1. The third-order valence-electron chi connectivity index (χ3n) is 4.20. The number of aromatic nitrogens is 4. The third kappa shape index (κ3) is 2.70. The van der Waals surface area contributed by atoms with Crippen LogP contribution in [0.5, 0.6) is 0 Å². The molecule has 1 aliphatic carbocycles. The lowest BCUT2D eigenvalue weighted by Crippen LogP contribution is -2.06. The summed E-state index contributed by atoms with van der Waals surface area (Å²) in [5.41, 5.74) is 3.78. The summed E-state index contributed by atoms with van der Waals surface area (Å²) in [6.07, 6.45) is 5.13. The average Bonchev–Trinajstić information content (AvgIpc) is 3.27. The zero-order chi connectivity index (χ0) is 15.8. The van der Waals surface area contributed by atoms with Crippen molar-refractivity contribution in [2.75, 3.05) is 5.32 Å². The van der Waals surface area contributed by atoms with Crippen LogP contribution in [0.15, 0.2) is 28.8 Å². The number of nitrogens with one attached hydrogen (secondary N) is 1. The fourth-order valence-corrected chi connectivity index (χ4v) is 3.01. The van der Waals surface area contributed by atoms with Gasteiger partial charge in [0.25, 0.3) is 0 Å². The maximum absolute atomic E-state index is 5.96. The van der Waals surface area contributed by atoms with Crippen molar-refractivity contribution >= 4 is 17.6 Å². The third-order valence-corrected chi connectivity index (χ3v) is 4.55. The first kappa shape index (κ1) is 14.3. The lowest BCUT2D eigenvalue weighted by Gasteiger charge is -2.02. The molecule has 3 aromatic rings. The maximum Gasteiger partial charge on any atom is 0.316 e. The normalized spacial score (nSPS) is 13.3. The molecule has 0 unspecified atom stereocenters. The molecule has 4 rings (SSSR count). The van der Waals surface area contributed by atoms with Gasteiger partial charge in [-0.15, -0.1) is 5.10 Å². The number of nitrogens with zero attached hydrogens (tertiary/aromatic N) is 4. The van der Waals surface area contributed by atoms with Crippen molar-refractivity contribution in [2.24, 2.45) is 7.05 Å². The second-order valence-corrected chi connectivity index (χ2v) is 6.05. The van der Waals surface area contributed by atoms with Crippen LogP contribution < -0.4 is 5.32 Å². The van der Waals surface area contributed by atoms with Crippen LogP contribution in [0.4, 0.5) is 6.01 Å². The summed E-state index contributed by atoms with van der Waals surface area (Å²) in [5, 5.41) is 11.8. The molecular formula is C16H16ClN5O. The van der Waals surface area contributed by atoms with Gasteiger partial charge in [0.1, 0.15) is 11.0 Å². The van der Waals surface area contributed by atoms with Crippen LogP contribution in [-0.2, 0) is 26.4 Å². The molecule has 2 heterocycles. The molecule has 118 valence electrons. The van der Waals surface area contributed by atoms with Crippen molar-refractivity contribution in [1.29, 1.82) is 0 Å². The van der Waals surface area contributed by atoms with Crippen LogP contribution in [0.25, 0.3) is 11.5 Å². The fraction of sp³-hybridized carbons (Fsp3) is 0.312. The SMILES string of the molecule is Cn1c(Cl)cnc1CNc1nnc(-c2ccc3c(c2)CCC3)o1. The molecular weight excluding hydrogens is 314 g/mol. The standard InChI is InChI=1S/C16H16ClN5O/c1-22-13(17)8-18-14(22)9-19-16-21-20-15(23-16)12-6-5-10-3-2-4-11(10)7-12/h5-8H,2-4,9H2,1H3,(H,19,21). The van der Waals surface area contributed by atoms with Crippen LogP contribution in [0.1, 0.15) is 23.4 Å². The van der Waals surface area contributed by atoms with E-state index in [0.29, 0.717) is 23.6 Å². The Hall–Kier alpha value is -2.34. The topological polar surface area (TPSA) is 68.8 Å². The highest BCUT2D eigenvalue weighted by Gasteiger charge is 2.15. The second-order valence-electron chi connectivity index (χ2n) is 5.66. The molecule has 0 amide bonds. The Morgan fingerprint density at radius 2 is 2.13 bits per heavy atom. The van der Waals surface area contributed by atoms with Gasteiger partial charge in [-0.25, -0.2) is 4.98 Å². The highest BCUT2D eigenvalue weighted by molar-refractivity contribution is 6.29.